The molecular formula is C21H23ClN2O6. The molecule has 0 bridgehead atoms. The van der Waals surface area contributed by atoms with Gasteiger partial charge in [0.25, 0.3) is 5.72 Å². The highest BCUT2D eigenvalue weighted by Crippen LogP contribution is 2.34. The van der Waals surface area contributed by atoms with Gasteiger partial charge in [0.05, 0.1) is 6.61 Å². The third kappa shape index (κ3) is 5.14. The van der Waals surface area contributed by atoms with Crippen LogP contribution in [0.4, 0.5) is 0 Å². The molecule has 9 heteroatoms. The highest BCUT2D eigenvalue weighted by molar-refractivity contribution is 6.30. The summed E-state index contributed by atoms with van der Waals surface area (Å²) in [5.41, 5.74) is -2.42. The summed E-state index contributed by atoms with van der Waals surface area (Å²) in [6, 6.07) is 6.38. The van der Waals surface area contributed by atoms with Gasteiger partial charge in [-0.05, 0) is 49.7 Å². The molecule has 1 unspecified atom stereocenters. The number of carbonyl (C=O) groups is 2. The molecule has 0 aliphatic carbocycles. The first-order valence-corrected chi connectivity index (χ1v) is 9.90. The van der Waals surface area contributed by atoms with Crippen molar-refractivity contribution in [2.24, 2.45) is 5.92 Å². The van der Waals surface area contributed by atoms with E-state index in [1.165, 1.54) is 12.3 Å². The monoisotopic (exact) mass is 434 g/mol. The molecule has 1 fully saturated rings. The Morgan fingerprint density at radius 1 is 1.33 bits per heavy atom. The minimum Gasteiger partial charge on any atom is -0.491 e. The first-order chi connectivity index (χ1) is 14.4. The number of nitrogens with one attached hydrogen (secondary N) is 2. The van der Waals surface area contributed by atoms with Crippen molar-refractivity contribution in [1.82, 2.24) is 10.6 Å². The second kappa shape index (κ2) is 9.69. The van der Waals surface area contributed by atoms with Gasteiger partial charge in [-0.1, -0.05) is 17.7 Å². The molecule has 1 aromatic carbocycles. The molecule has 1 aromatic rings. The standard InChI is InChI=1S/C21H23ClN2O6/c22-15-5-1-6-16(10-15)30-21(17(20(27)28)11-19(25)26)18(7-3-9-24-21)29-13-14-4-2-8-23-12-14/h1,3,5-7,9-11,14,23-24H,2,4,8,12-13H2,(H,25,26)(H,27,28)/b17-11-/t14?,21-/m0/s1. The average molecular weight is 435 g/mol. The number of carboxylic acids is 2. The van der Waals surface area contributed by atoms with Gasteiger partial charge in [0.1, 0.15) is 11.3 Å². The van der Waals surface area contributed by atoms with Gasteiger partial charge < -0.3 is 30.3 Å². The number of piperidine rings is 1. The molecule has 0 saturated carbocycles. The van der Waals surface area contributed by atoms with E-state index in [2.05, 4.69) is 10.6 Å². The van der Waals surface area contributed by atoms with Crippen LogP contribution >= 0.6 is 11.6 Å². The third-order valence-electron chi connectivity index (χ3n) is 4.80. The summed E-state index contributed by atoms with van der Waals surface area (Å²) >= 11 is 6.04. The van der Waals surface area contributed by atoms with Crippen LogP contribution in [0.15, 0.2) is 60.0 Å². The molecule has 0 spiro atoms. The van der Waals surface area contributed by atoms with Gasteiger partial charge in [-0.25, -0.2) is 9.59 Å². The lowest BCUT2D eigenvalue weighted by molar-refractivity contribution is -0.137. The Morgan fingerprint density at radius 3 is 2.83 bits per heavy atom. The highest BCUT2D eigenvalue weighted by atomic mass is 35.5. The van der Waals surface area contributed by atoms with E-state index in [-0.39, 0.29) is 17.4 Å². The SMILES string of the molecule is O=C(O)/C=C(/C(=O)O)[C@@]1(Oc2cccc(Cl)c2)NC=CC=C1OCC1CCCNC1. The Bertz CT molecular complexity index is 891. The maximum Gasteiger partial charge on any atom is 0.338 e. The van der Waals surface area contributed by atoms with Crippen LogP contribution in [0.25, 0.3) is 0 Å². The van der Waals surface area contributed by atoms with Crippen LogP contribution < -0.4 is 15.4 Å². The molecule has 0 radical (unpaired) electrons. The number of rotatable bonds is 8. The maximum absolute atomic E-state index is 12.1. The van der Waals surface area contributed by atoms with Crippen LogP contribution in [0.5, 0.6) is 5.75 Å². The normalized spacial score (nSPS) is 23.8. The van der Waals surface area contributed by atoms with E-state index >= 15 is 0 Å². The molecule has 4 N–H and O–H groups in total. The van der Waals surface area contributed by atoms with Gasteiger partial charge in [-0.3, -0.25) is 0 Å². The summed E-state index contributed by atoms with van der Waals surface area (Å²) in [5, 5.41) is 25.6. The Hall–Kier alpha value is -2.97. The molecule has 2 atom stereocenters. The van der Waals surface area contributed by atoms with Crippen molar-refractivity contribution in [3.63, 3.8) is 0 Å². The Labute approximate surface area is 178 Å². The number of aliphatic carboxylic acids is 2. The fourth-order valence-electron chi connectivity index (χ4n) is 3.40. The van der Waals surface area contributed by atoms with Crippen molar-refractivity contribution in [1.29, 1.82) is 0 Å². The molecule has 1 saturated heterocycles. The molecule has 2 heterocycles. The third-order valence-corrected chi connectivity index (χ3v) is 5.03. The largest absolute Gasteiger partial charge is 0.491 e. The molecule has 2 aliphatic rings. The number of allylic oxidation sites excluding steroid dienone is 2. The number of halogens is 1. The number of carboxylic acid groups (broad SMARTS) is 2. The van der Waals surface area contributed by atoms with E-state index in [0.717, 1.165) is 25.9 Å². The number of hydrogen-bond donors (Lipinski definition) is 4. The van der Waals surface area contributed by atoms with Crippen molar-refractivity contribution in [2.75, 3.05) is 19.7 Å². The minimum atomic E-state index is -1.88. The van der Waals surface area contributed by atoms with Crippen molar-refractivity contribution in [2.45, 2.75) is 18.6 Å². The zero-order valence-corrected chi connectivity index (χ0v) is 16.9. The summed E-state index contributed by atoms with van der Waals surface area (Å²) < 4.78 is 12.0. The van der Waals surface area contributed by atoms with E-state index < -0.39 is 23.2 Å². The summed E-state index contributed by atoms with van der Waals surface area (Å²) in [7, 11) is 0. The molecule has 160 valence electrons. The Balaban J connectivity index is 1.99. The fraction of sp³-hybridized carbons (Fsp3) is 0.333. The molecule has 30 heavy (non-hydrogen) atoms. The zero-order chi connectivity index (χ0) is 21.6. The van der Waals surface area contributed by atoms with Crippen LogP contribution in [-0.2, 0) is 14.3 Å². The van der Waals surface area contributed by atoms with E-state index in [0.29, 0.717) is 17.7 Å². The van der Waals surface area contributed by atoms with Gasteiger partial charge in [0, 0.05) is 29.8 Å². The van der Waals surface area contributed by atoms with Gasteiger partial charge in [0.2, 0.25) is 0 Å². The van der Waals surface area contributed by atoms with Crippen LogP contribution in [0, 0.1) is 5.92 Å². The lowest BCUT2D eigenvalue weighted by Gasteiger charge is -2.38. The minimum absolute atomic E-state index is 0.144. The van der Waals surface area contributed by atoms with Gasteiger partial charge >= 0.3 is 11.9 Å². The van der Waals surface area contributed by atoms with Gasteiger partial charge in [-0.15, -0.1) is 0 Å². The number of ether oxygens (including phenoxy) is 2. The van der Waals surface area contributed by atoms with E-state index in [1.807, 2.05) is 0 Å². The molecule has 3 rings (SSSR count). The molecule has 0 aromatic heterocycles. The van der Waals surface area contributed by atoms with E-state index in [1.54, 1.807) is 30.4 Å². The maximum atomic E-state index is 12.1. The summed E-state index contributed by atoms with van der Waals surface area (Å²) in [5.74, 6) is -2.25. The predicted molar refractivity (Wildman–Crippen MR) is 110 cm³/mol. The Morgan fingerprint density at radius 2 is 2.17 bits per heavy atom. The van der Waals surface area contributed by atoms with Crippen molar-refractivity contribution < 1.29 is 29.3 Å². The van der Waals surface area contributed by atoms with Crippen LogP contribution in [-0.4, -0.2) is 47.6 Å². The molecule has 8 nitrogen and oxygen atoms in total. The Kier molecular flexibility index (Phi) is 7.02. The number of hydrogen-bond acceptors (Lipinski definition) is 6. The quantitative estimate of drug-likeness (QED) is 0.461. The summed E-state index contributed by atoms with van der Waals surface area (Å²) in [4.78, 5) is 23.4. The van der Waals surface area contributed by atoms with Crippen LogP contribution in [0.3, 0.4) is 0 Å². The van der Waals surface area contributed by atoms with Crippen LogP contribution in [0.2, 0.25) is 5.02 Å². The number of benzene rings is 1. The first-order valence-electron chi connectivity index (χ1n) is 9.52. The second-order valence-electron chi connectivity index (χ2n) is 7.00. The van der Waals surface area contributed by atoms with Gasteiger partial charge in [0.15, 0.2) is 5.76 Å². The topological polar surface area (TPSA) is 117 Å². The predicted octanol–water partition coefficient (Wildman–Crippen LogP) is 2.53. The summed E-state index contributed by atoms with van der Waals surface area (Å²) in [6.07, 6.45) is 7.26. The lowest BCUT2D eigenvalue weighted by atomic mass is 9.96. The fourth-order valence-corrected chi connectivity index (χ4v) is 3.58. The number of dihydropyridines is 1. The van der Waals surface area contributed by atoms with Gasteiger partial charge in [-0.2, -0.15) is 0 Å². The van der Waals surface area contributed by atoms with Crippen molar-refractivity contribution in [3.05, 3.63) is 65.0 Å². The van der Waals surface area contributed by atoms with Crippen LogP contribution in [0.1, 0.15) is 12.8 Å². The summed E-state index contributed by atoms with van der Waals surface area (Å²) in [6.45, 7) is 2.07. The zero-order valence-electron chi connectivity index (χ0n) is 16.1. The van der Waals surface area contributed by atoms with E-state index in [4.69, 9.17) is 21.1 Å². The van der Waals surface area contributed by atoms with Crippen molar-refractivity contribution >= 4 is 23.5 Å². The smallest absolute Gasteiger partial charge is 0.338 e. The lowest BCUT2D eigenvalue weighted by Crippen LogP contribution is -2.55. The van der Waals surface area contributed by atoms with Crippen molar-refractivity contribution in [3.8, 4) is 5.75 Å². The molecule has 0 amide bonds. The molecular weight excluding hydrogens is 412 g/mol. The molecule has 2 aliphatic heterocycles. The van der Waals surface area contributed by atoms with E-state index in [9.17, 15) is 19.8 Å². The average Bonchev–Trinajstić information content (AvgIpc) is 2.72. The first kappa shape index (κ1) is 21.7. The second-order valence-corrected chi connectivity index (χ2v) is 7.44. The highest BCUT2D eigenvalue weighted by Gasteiger charge is 2.47.